The second-order valence-corrected chi connectivity index (χ2v) is 8.49. The number of sulfonamides is 1. The molecule has 0 spiro atoms. The molecule has 0 saturated carbocycles. The Kier molecular flexibility index (Phi) is 7.60. The minimum Gasteiger partial charge on any atom is -0.494 e. The van der Waals surface area contributed by atoms with Crippen molar-refractivity contribution >= 4 is 15.9 Å². The predicted molar refractivity (Wildman–Crippen MR) is 110 cm³/mol. The molecule has 28 heavy (non-hydrogen) atoms. The number of nitrogens with zero attached hydrogens (tertiary/aromatic N) is 1. The minimum atomic E-state index is -3.77. The fraction of sp³-hybridized carbons (Fsp3) is 0.381. The lowest BCUT2D eigenvalue weighted by Gasteiger charge is -2.21. The van der Waals surface area contributed by atoms with Crippen molar-refractivity contribution in [1.29, 1.82) is 0 Å². The quantitative estimate of drug-likeness (QED) is 0.697. The van der Waals surface area contributed by atoms with Crippen LogP contribution in [0.4, 0.5) is 0 Å². The maximum Gasteiger partial charge on any atom is 0.243 e. The zero-order valence-electron chi connectivity index (χ0n) is 16.9. The van der Waals surface area contributed by atoms with E-state index in [1.54, 1.807) is 26.0 Å². The van der Waals surface area contributed by atoms with E-state index >= 15 is 0 Å². The van der Waals surface area contributed by atoms with E-state index in [0.29, 0.717) is 18.9 Å². The summed E-state index contributed by atoms with van der Waals surface area (Å²) >= 11 is 0. The van der Waals surface area contributed by atoms with Crippen molar-refractivity contribution in [3.05, 3.63) is 59.2 Å². The van der Waals surface area contributed by atoms with Crippen LogP contribution in [-0.2, 0) is 21.4 Å². The van der Waals surface area contributed by atoms with Crippen LogP contribution < -0.4 is 10.1 Å². The van der Waals surface area contributed by atoms with Gasteiger partial charge in [0.15, 0.2) is 0 Å². The summed E-state index contributed by atoms with van der Waals surface area (Å²) in [5, 5.41) is 2.78. The van der Waals surface area contributed by atoms with E-state index in [0.717, 1.165) is 16.7 Å². The number of aryl methyl sites for hydroxylation is 2. The fourth-order valence-electron chi connectivity index (χ4n) is 2.74. The number of benzene rings is 2. The number of rotatable bonds is 9. The molecular formula is C21H28N2O4S. The normalized spacial score (nSPS) is 11.5. The molecule has 6 nitrogen and oxygen atoms in total. The maximum atomic E-state index is 12.9. The Morgan fingerprint density at radius 1 is 1.07 bits per heavy atom. The molecule has 2 aromatic rings. The van der Waals surface area contributed by atoms with E-state index in [1.807, 2.05) is 38.1 Å². The SMILES string of the molecule is CCOc1ccc(S(=O)(=O)N(CC)CC(=O)NCc2ccc(C)cc2)cc1C. The summed E-state index contributed by atoms with van der Waals surface area (Å²) in [5.41, 5.74) is 2.85. The van der Waals surface area contributed by atoms with Gasteiger partial charge in [0.05, 0.1) is 18.0 Å². The second-order valence-electron chi connectivity index (χ2n) is 6.55. The fourth-order valence-corrected chi connectivity index (χ4v) is 4.23. The van der Waals surface area contributed by atoms with Crippen molar-refractivity contribution < 1.29 is 17.9 Å². The molecule has 2 rings (SSSR count). The number of carbonyl (C=O) groups excluding carboxylic acids is 1. The van der Waals surface area contributed by atoms with Crippen LogP contribution in [0.15, 0.2) is 47.4 Å². The lowest BCUT2D eigenvalue weighted by molar-refractivity contribution is -0.121. The Balaban J connectivity index is 2.06. The summed E-state index contributed by atoms with van der Waals surface area (Å²) < 4.78 is 32.5. The largest absolute Gasteiger partial charge is 0.494 e. The van der Waals surface area contributed by atoms with Crippen molar-refractivity contribution in [1.82, 2.24) is 9.62 Å². The standard InChI is InChI=1S/C21H28N2O4S/c1-5-23(15-21(24)22-14-18-9-7-16(3)8-10-18)28(25,26)19-11-12-20(27-6-2)17(4)13-19/h7-13H,5-6,14-15H2,1-4H3,(H,22,24). The van der Waals surface area contributed by atoms with Gasteiger partial charge < -0.3 is 10.1 Å². The first-order valence-electron chi connectivity index (χ1n) is 9.33. The highest BCUT2D eigenvalue weighted by Crippen LogP contribution is 2.24. The van der Waals surface area contributed by atoms with Crippen molar-refractivity contribution in [2.75, 3.05) is 19.7 Å². The highest BCUT2D eigenvalue weighted by Gasteiger charge is 2.25. The van der Waals surface area contributed by atoms with Gasteiger partial charge in [-0.15, -0.1) is 0 Å². The first kappa shape index (κ1) is 21.9. The summed E-state index contributed by atoms with van der Waals surface area (Å²) in [6.45, 7) is 8.23. The van der Waals surface area contributed by atoms with Gasteiger partial charge in [0.1, 0.15) is 5.75 Å². The van der Waals surface area contributed by atoms with Crippen LogP contribution in [-0.4, -0.2) is 38.3 Å². The van der Waals surface area contributed by atoms with Crippen LogP contribution in [0.3, 0.4) is 0 Å². The lowest BCUT2D eigenvalue weighted by atomic mass is 10.1. The van der Waals surface area contributed by atoms with Crippen LogP contribution in [0.1, 0.15) is 30.5 Å². The van der Waals surface area contributed by atoms with Gasteiger partial charge in [-0.05, 0) is 50.1 Å². The van der Waals surface area contributed by atoms with E-state index in [-0.39, 0.29) is 23.9 Å². The molecule has 0 saturated heterocycles. The van der Waals surface area contributed by atoms with Gasteiger partial charge >= 0.3 is 0 Å². The summed E-state index contributed by atoms with van der Waals surface area (Å²) in [5.74, 6) is 0.314. The van der Waals surface area contributed by atoms with Crippen LogP contribution in [0.2, 0.25) is 0 Å². The van der Waals surface area contributed by atoms with E-state index in [4.69, 9.17) is 4.74 Å². The van der Waals surface area contributed by atoms with Crippen LogP contribution >= 0.6 is 0 Å². The minimum absolute atomic E-state index is 0.154. The Morgan fingerprint density at radius 2 is 1.75 bits per heavy atom. The van der Waals surface area contributed by atoms with Gasteiger partial charge in [-0.3, -0.25) is 4.79 Å². The molecule has 0 bridgehead atoms. The lowest BCUT2D eigenvalue weighted by Crippen LogP contribution is -2.40. The molecule has 0 aromatic heterocycles. The first-order valence-corrected chi connectivity index (χ1v) is 10.8. The Morgan fingerprint density at radius 3 is 2.32 bits per heavy atom. The number of hydrogen-bond donors (Lipinski definition) is 1. The third-order valence-corrected chi connectivity index (χ3v) is 6.28. The molecule has 0 aliphatic carbocycles. The summed E-state index contributed by atoms with van der Waals surface area (Å²) in [6.07, 6.45) is 0. The molecule has 0 aliphatic heterocycles. The Hall–Kier alpha value is -2.38. The predicted octanol–water partition coefficient (Wildman–Crippen LogP) is 3.03. The van der Waals surface area contributed by atoms with Gasteiger partial charge in [0, 0.05) is 13.1 Å². The molecular weight excluding hydrogens is 376 g/mol. The van der Waals surface area contributed by atoms with Crippen molar-refractivity contribution in [2.24, 2.45) is 0 Å². The molecule has 0 heterocycles. The molecule has 0 aliphatic rings. The molecule has 0 fully saturated rings. The van der Waals surface area contributed by atoms with E-state index in [9.17, 15) is 13.2 Å². The van der Waals surface area contributed by atoms with Gasteiger partial charge in [-0.25, -0.2) is 8.42 Å². The first-order chi connectivity index (χ1) is 13.3. The topological polar surface area (TPSA) is 75.7 Å². The van der Waals surface area contributed by atoms with E-state index in [2.05, 4.69) is 5.32 Å². The van der Waals surface area contributed by atoms with E-state index < -0.39 is 10.0 Å². The van der Waals surface area contributed by atoms with Crippen LogP contribution in [0.25, 0.3) is 0 Å². The number of carbonyl (C=O) groups is 1. The average molecular weight is 405 g/mol. The Bertz CT molecular complexity index is 909. The van der Waals surface area contributed by atoms with Crippen LogP contribution in [0.5, 0.6) is 5.75 Å². The number of nitrogens with one attached hydrogen (secondary N) is 1. The molecule has 0 radical (unpaired) electrons. The maximum absolute atomic E-state index is 12.9. The molecule has 7 heteroatoms. The number of likely N-dealkylation sites (N-methyl/N-ethyl adjacent to an activating group) is 1. The third-order valence-electron chi connectivity index (χ3n) is 4.37. The monoisotopic (exact) mass is 404 g/mol. The summed E-state index contributed by atoms with van der Waals surface area (Å²) in [7, 11) is -3.77. The number of amides is 1. The third kappa shape index (κ3) is 5.56. The number of ether oxygens (including phenoxy) is 1. The highest BCUT2D eigenvalue weighted by atomic mass is 32.2. The van der Waals surface area contributed by atoms with Crippen molar-refractivity contribution in [3.63, 3.8) is 0 Å². The Labute approximate surface area is 167 Å². The van der Waals surface area contributed by atoms with Crippen molar-refractivity contribution in [2.45, 2.75) is 39.1 Å². The smallest absolute Gasteiger partial charge is 0.243 e. The molecule has 1 amide bonds. The molecule has 2 aromatic carbocycles. The molecule has 152 valence electrons. The van der Waals surface area contributed by atoms with Crippen molar-refractivity contribution in [3.8, 4) is 5.75 Å². The van der Waals surface area contributed by atoms with Gasteiger partial charge in [0.2, 0.25) is 15.9 Å². The van der Waals surface area contributed by atoms with Gasteiger partial charge in [-0.1, -0.05) is 36.8 Å². The van der Waals surface area contributed by atoms with Gasteiger partial charge in [-0.2, -0.15) is 4.31 Å². The zero-order valence-corrected chi connectivity index (χ0v) is 17.7. The second kappa shape index (κ2) is 9.71. The summed E-state index contributed by atoms with van der Waals surface area (Å²) in [6, 6.07) is 12.6. The van der Waals surface area contributed by atoms with Crippen LogP contribution in [0, 0.1) is 13.8 Å². The average Bonchev–Trinajstić information content (AvgIpc) is 2.67. The molecule has 1 N–H and O–H groups in total. The van der Waals surface area contributed by atoms with E-state index in [1.165, 1.54) is 10.4 Å². The highest BCUT2D eigenvalue weighted by molar-refractivity contribution is 7.89. The molecule has 0 atom stereocenters. The zero-order chi connectivity index (χ0) is 20.7. The number of hydrogen-bond acceptors (Lipinski definition) is 4. The summed E-state index contributed by atoms with van der Waals surface area (Å²) in [4.78, 5) is 12.5. The van der Waals surface area contributed by atoms with Gasteiger partial charge in [0.25, 0.3) is 0 Å². The molecule has 0 unspecified atom stereocenters.